The van der Waals surface area contributed by atoms with Crippen LogP contribution in [0.5, 0.6) is 11.5 Å². The second-order valence-corrected chi connectivity index (χ2v) is 19.1. The maximum Gasteiger partial charge on any atom is 0.242 e. The molecule has 29 heavy (non-hydrogen) atoms. The molecule has 160 valence electrons. The first-order valence-electron chi connectivity index (χ1n) is 10.2. The topological polar surface area (TPSA) is 70.5 Å². The quantitative estimate of drug-likeness (QED) is 0.485. The van der Waals surface area contributed by atoms with E-state index in [1.54, 1.807) is 11.8 Å². The van der Waals surface area contributed by atoms with Gasteiger partial charge in [0.15, 0.2) is 0 Å². The molecule has 0 radical (unpaired) electrons. The summed E-state index contributed by atoms with van der Waals surface area (Å²) in [6.07, 6.45) is 1.66. The molecule has 2 rings (SSSR count). The van der Waals surface area contributed by atoms with Gasteiger partial charge in [0, 0.05) is 9.79 Å². The highest BCUT2D eigenvalue weighted by atomic mass is 32.2. The molecule has 0 heterocycles. The molecule has 7 heteroatoms. The largest absolute Gasteiger partial charge is 0.544 e. The predicted octanol–water partition coefficient (Wildman–Crippen LogP) is 5.27. The fraction of sp³-hybridized carbons (Fsp3) is 0.455. The van der Waals surface area contributed by atoms with Crippen LogP contribution in [-0.2, 0) is 12.8 Å². The van der Waals surface area contributed by atoms with E-state index in [1.807, 2.05) is 0 Å². The Kier molecular flexibility index (Phi) is 8.42. The number of hydrogen-bond acceptors (Lipinski definition) is 5. The van der Waals surface area contributed by atoms with E-state index in [-0.39, 0.29) is 0 Å². The van der Waals surface area contributed by atoms with E-state index < -0.39 is 16.6 Å². The minimum Gasteiger partial charge on any atom is -0.544 e. The average molecular weight is 449 g/mol. The summed E-state index contributed by atoms with van der Waals surface area (Å²) in [5.74, 6) is 1.89. The van der Waals surface area contributed by atoms with E-state index in [4.69, 9.17) is 20.3 Å². The monoisotopic (exact) mass is 448 g/mol. The molecule has 0 fully saturated rings. The molecule has 2 aromatic rings. The van der Waals surface area contributed by atoms with Crippen LogP contribution in [0.1, 0.15) is 11.1 Å². The third kappa shape index (κ3) is 8.18. The van der Waals surface area contributed by atoms with E-state index in [0.29, 0.717) is 13.1 Å². The molecule has 0 spiro atoms. The Balaban J connectivity index is 2.33. The summed E-state index contributed by atoms with van der Waals surface area (Å²) in [5.41, 5.74) is 14.2. The Morgan fingerprint density at radius 3 is 1.38 bits per heavy atom. The van der Waals surface area contributed by atoms with E-state index in [9.17, 15) is 0 Å². The van der Waals surface area contributed by atoms with Gasteiger partial charge in [-0.05, 0) is 113 Å². The Bertz CT molecular complexity index is 750. The number of nitrogens with two attached hydrogens (primary N) is 2. The summed E-state index contributed by atoms with van der Waals surface area (Å²) in [4.78, 5) is 2.44. The zero-order valence-corrected chi connectivity index (χ0v) is 21.5. The van der Waals surface area contributed by atoms with Crippen molar-refractivity contribution in [1.82, 2.24) is 0 Å². The van der Waals surface area contributed by atoms with Gasteiger partial charge >= 0.3 is 0 Å². The van der Waals surface area contributed by atoms with Crippen molar-refractivity contribution in [3.05, 3.63) is 47.5 Å². The van der Waals surface area contributed by atoms with Crippen molar-refractivity contribution in [1.29, 1.82) is 0 Å². The normalized spacial score (nSPS) is 12.1. The summed E-state index contributed by atoms with van der Waals surface area (Å²) in [6.45, 7) is 14.4. The third-order valence-electron chi connectivity index (χ3n) is 3.96. The van der Waals surface area contributed by atoms with E-state index in [0.717, 1.165) is 24.3 Å². The number of rotatable bonds is 10. The van der Waals surface area contributed by atoms with Crippen molar-refractivity contribution in [3.63, 3.8) is 0 Å². The molecule has 0 aliphatic heterocycles. The summed E-state index contributed by atoms with van der Waals surface area (Å²) in [7, 11) is -3.29. The minimum absolute atomic E-state index is 0.614. The van der Waals surface area contributed by atoms with Gasteiger partial charge < -0.3 is 20.3 Å². The molecule has 0 saturated carbocycles. The van der Waals surface area contributed by atoms with Crippen LogP contribution in [0.25, 0.3) is 0 Å². The van der Waals surface area contributed by atoms with Crippen LogP contribution in [0.3, 0.4) is 0 Å². The van der Waals surface area contributed by atoms with Crippen molar-refractivity contribution in [3.8, 4) is 11.5 Å². The first-order valence-corrected chi connectivity index (χ1v) is 17.9. The Hall–Kier alpha value is -1.26. The lowest BCUT2D eigenvalue weighted by molar-refractivity contribution is 0.555. The molecule has 0 bridgehead atoms. The maximum atomic E-state index is 6.18. The Morgan fingerprint density at radius 1 is 0.690 bits per heavy atom. The van der Waals surface area contributed by atoms with E-state index in [2.05, 4.69) is 75.7 Å². The molecule has 2 aromatic carbocycles. The highest BCUT2D eigenvalue weighted by Gasteiger charge is 2.19. The average Bonchev–Trinajstić information content (AvgIpc) is 2.57. The summed E-state index contributed by atoms with van der Waals surface area (Å²) in [6, 6.07) is 12.8. The molecule has 0 aromatic heterocycles. The summed E-state index contributed by atoms with van der Waals surface area (Å²) in [5, 5.41) is 0. The lowest BCUT2D eigenvalue weighted by Crippen LogP contribution is -2.29. The molecule has 0 atom stereocenters. The van der Waals surface area contributed by atoms with Gasteiger partial charge in [-0.25, -0.2) is 0 Å². The van der Waals surface area contributed by atoms with Crippen molar-refractivity contribution in [2.75, 3.05) is 13.1 Å². The van der Waals surface area contributed by atoms with Crippen LogP contribution < -0.4 is 20.3 Å². The van der Waals surface area contributed by atoms with Crippen LogP contribution in [0, 0.1) is 0 Å². The van der Waals surface area contributed by atoms with Crippen molar-refractivity contribution >= 4 is 28.4 Å². The Labute approximate surface area is 182 Å². The van der Waals surface area contributed by atoms with Crippen LogP contribution in [-0.4, -0.2) is 29.7 Å². The van der Waals surface area contributed by atoms with Crippen LogP contribution >= 0.6 is 11.8 Å². The molecular formula is C22H36N2O2SSi2. The highest BCUT2D eigenvalue weighted by Crippen LogP contribution is 2.37. The van der Waals surface area contributed by atoms with Gasteiger partial charge in [-0.3, -0.25) is 0 Å². The minimum atomic E-state index is -1.64. The zero-order chi connectivity index (χ0) is 21.7. The smallest absolute Gasteiger partial charge is 0.242 e. The van der Waals surface area contributed by atoms with Crippen molar-refractivity contribution < 1.29 is 8.85 Å². The zero-order valence-electron chi connectivity index (χ0n) is 18.7. The predicted molar refractivity (Wildman–Crippen MR) is 130 cm³/mol. The Morgan fingerprint density at radius 2 is 1.07 bits per heavy atom. The molecule has 0 unspecified atom stereocenters. The molecule has 0 aliphatic carbocycles. The first-order chi connectivity index (χ1) is 13.5. The second-order valence-electron chi connectivity index (χ2n) is 9.15. The van der Waals surface area contributed by atoms with Gasteiger partial charge in [0.25, 0.3) is 0 Å². The van der Waals surface area contributed by atoms with Gasteiger partial charge in [-0.2, -0.15) is 0 Å². The fourth-order valence-electron chi connectivity index (χ4n) is 2.97. The van der Waals surface area contributed by atoms with Gasteiger partial charge in [0.05, 0.1) is 0 Å². The number of benzene rings is 2. The van der Waals surface area contributed by atoms with Gasteiger partial charge in [0.2, 0.25) is 16.6 Å². The molecule has 0 saturated heterocycles. The molecule has 0 aliphatic rings. The lowest BCUT2D eigenvalue weighted by atomic mass is 10.1. The van der Waals surface area contributed by atoms with E-state index in [1.165, 1.54) is 20.9 Å². The summed E-state index contributed by atoms with van der Waals surface area (Å²) >= 11 is 1.77. The SMILES string of the molecule is C[Si](C)(C)Oc1ccc(Sc2ccc(O[Si](C)(C)C)cc2CCN)c(CCN)c1. The molecule has 4 N–H and O–H groups in total. The lowest BCUT2D eigenvalue weighted by Gasteiger charge is -2.22. The van der Waals surface area contributed by atoms with Crippen LogP contribution in [0.15, 0.2) is 46.2 Å². The van der Waals surface area contributed by atoms with Crippen LogP contribution in [0.4, 0.5) is 0 Å². The maximum absolute atomic E-state index is 6.18. The van der Waals surface area contributed by atoms with Gasteiger partial charge in [-0.1, -0.05) is 11.8 Å². The van der Waals surface area contributed by atoms with Crippen molar-refractivity contribution in [2.45, 2.75) is 61.9 Å². The van der Waals surface area contributed by atoms with E-state index >= 15 is 0 Å². The number of hydrogen-bond donors (Lipinski definition) is 2. The third-order valence-corrected chi connectivity index (χ3v) is 6.89. The van der Waals surface area contributed by atoms with Gasteiger partial charge in [-0.15, -0.1) is 0 Å². The standard InChI is InChI=1S/C22H36N2O2SSi2/c1-28(2,3)25-19-7-9-21(17(15-19)11-13-23)27-22-10-8-20(26-29(4,5)6)16-18(22)12-14-24/h7-10,15-16H,11-14,23-24H2,1-6H3. The fourth-order valence-corrected chi connectivity index (χ4v) is 5.73. The molecule has 4 nitrogen and oxygen atoms in total. The second kappa shape index (κ2) is 10.2. The highest BCUT2D eigenvalue weighted by molar-refractivity contribution is 7.99. The first kappa shape index (κ1) is 24.0. The summed E-state index contributed by atoms with van der Waals surface area (Å²) < 4.78 is 12.4. The molecular weight excluding hydrogens is 412 g/mol. The van der Waals surface area contributed by atoms with Gasteiger partial charge in [0.1, 0.15) is 11.5 Å². The molecule has 0 amide bonds. The van der Waals surface area contributed by atoms with Crippen LogP contribution in [0.2, 0.25) is 39.3 Å². The van der Waals surface area contributed by atoms with Crippen molar-refractivity contribution in [2.24, 2.45) is 11.5 Å².